The van der Waals surface area contributed by atoms with Crippen LogP contribution in [0.3, 0.4) is 0 Å². The molecule has 2 amide bonds. The van der Waals surface area contributed by atoms with E-state index in [2.05, 4.69) is 5.32 Å². The Morgan fingerprint density at radius 3 is 2.62 bits per heavy atom. The normalized spacial score (nSPS) is 13.1. The van der Waals surface area contributed by atoms with E-state index in [0.29, 0.717) is 25.1 Å². The van der Waals surface area contributed by atoms with Gasteiger partial charge in [0.2, 0.25) is 5.91 Å². The predicted octanol–water partition coefficient (Wildman–Crippen LogP) is 3.25. The van der Waals surface area contributed by atoms with E-state index in [9.17, 15) is 9.59 Å². The maximum absolute atomic E-state index is 12.4. The smallest absolute Gasteiger partial charge is 0.251 e. The average Bonchev–Trinajstić information content (AvgIpc) is 2.94. The lowest BCUT2D eigenvalue weighted by atomic mass is 10.1. The van der Waals surface area contributed by atoms with Crippen LogP contribution in [-0.2, 0) is 17.8 Å². The number of hydrogen-bond acceptors (Lipinski definition) is 3. The summed E-state index contributed by atoms with van der Waals surface area (Å²) >= 11 is 1.69. The molecule has 4 nitrogen and oxygen atoms in total. The number of carbonyl (C=O) groups is 2. The van der Waals surface area contributed by atoms with Crippen LogP contribution >= 0.6 is 11.8 Å². The fraction of sp³-hybridized carbons (Fsp3) is 0.263. The van der Waals surface area contributed by atoms with Crippen molar-refractivity contribution in [3.8, 4) is 0 Å². The summed E-state index contributed by atoms with van der Waals surface area (Å²) in [6.07, 6.45) is 2.41. The largest absolute Gasteiger partial charge is 0.348 e. The van der Waals surface area contributed by atoms with Crippen molar-refractivity contribution in [3.63, 3.8) is 0 Å². The second-order valence-electron chi connectivity index (χ2n) is 5.69. The van der Waals surface area contributed by atoms with Crippen LogP contribution in [0.25, 0.3) is 0 Å². The Labute approximate surface area is 146 Å². The Balaban J connectivity index is 1.67. The topological polar surface area (TPSA) is 49.4 Å². The number of benzene rings is 2. The summed E-state index contributed by atoms with van der Waals surface area (Å²) in [6.45, 7) is 3.10. The first-order chi connectivity index (χ1) is 11.6. The highest BCUT2D eigenvalue weighted by Crippen LogP contribution is 2.29. The molecule has 1 aliphatic heterocycles. The summed E-state index contributed by atoms with van der Waals surface area (Å²) in [4.78, 5) is 27.2. The third kappa shape index (κ3) is 3.31. The number of amides is 2. The summed E-state index contributed by atoms with van der Waals surface area (Å²) in [5.41, 5.74) is 3.51. The molecule has 1 N–H and O–H groups in total. The lowest BCUT2D eigenvalue weighted by Gasteiger charge is -2.14. The number of thioether (sulfide) groups is 1. The number of fused-ring (bicyclic) bond motifs is 1. The van der Waals surface area contributed by atoms with Crippen LogP contribution in [0.5, 0.6) is 0 Å². The Bertz CT molecular complexity index is 771. The molecule has 0 radical (unpaired) electrons. The zero-order valence-electron chi connectivity index (χ0n) is 13.8. The molecule has 0 saturated carbocycles. The lowest BCUT2D eigenvalue weighted by molar-refractivity contribution is -0.117. The van der Waals surface area contributed by atoms with Crippen molar-refractivity contribution < 1.29 is 9.59 Å². The van der Waals surface area contributed by atoms with Gasteiger partial charge in [-0.2, -0.15) is 0 Å². The first-order valence-corrected chi connectivity index (χ1v) is 9.19. The minimum atomic E-state index is -0.117. The van der Waals surface area contributed by atoms with E-state index in [0.717, 1.165) is 16.8 Å². The van der Waals surface area contributed by atoms with Gasteiger partial charge in [0.15, 0.2) is 0 Å². The van der Waals surface area contributed by atoms with E-state index < -0.39 is 0 Å². The summed E-state index contributed by atoms with van der Waals surface area (Å²) in [5.74, 6) is -0.0203. The Hall–Kier alpha value is -2.27. The van der Waals surface area contributed by atoms with Crippen LogP contribution in [0.15, 0.2) is 47.4 Å². The quantitative estimate of drug-likeness (QED) is 0.850. The van der Waals surface area contributed by atoms with Crippen molar-refractivity contribution in [1.29, 1.82) is 0 Å². The molecule has 2 aromatic rings. The van der Waals surface area contributed by atoms with Crippen molar-refractivity contribution in [1.82, 2.24) is 5.32 Å². The summed E-state index contributed by atoms with van der Waals surface area (Å²) < 4.78 is 0. The molecule has 24 heavy (non-hydrogen) atoms. The second-order valence-corrected chi connectivity index (χ2v) is 6.57. The zero-order valence-corrected chi connectivity index (χ0v) is 14.7. The third-order valence-corrected chi connectivity index (χ3v) is 4.95. The highest BCUT2D eigenvalue weighted by molar-refractivity contribution is 7.98. The molecule has 0 fully saturated rings. The number of rotatable bonds is 5. The van der Waals surface area contributed by atoms with E-state index in [1.807, 2.05) is 49.6 Å². The maximum atomic E-state index is 12.4. The van der Waals surface area contributed by atoms with Crippen LogP contribution in [-0.4, -0.2) is 24.6 Å². The minimum absolute atomic E-state index is 0.0962. The first-order valence-electron chi connectivity index (χ1n) is 7.96. The van der Waals surface area contributed by atoms with E-state index in [1.165, 1.54) is 4.90 Å². The Morgan fingerprint density at radius 2 is 1.96 bits per heavy atom. The van der Waals surface area contributed by atoms with Gasteiger partial charge in [-0.15, -0.1) is 11.8 Å². The number of carbonyl (C=O) groups excluding carboxylic acids is 2. The Kier molecular flexibility index (Phi) is 4.90. The molecule has 2 aromatic carbocycles. The molecule has 1 heterocycles. The standard InChI is InChI=1S/C19H20N2O2S/c1-3-21-17-9-6-14(10-15(17)11-18(21)22)19(23)20-12-13-4-7-16(24-2)8-5-13/h4-10H,3,11-12H2,1-2H3,(H,20,23). The lowest BCUT2D eigenvalue weighted by Crippen LogP contribution is -2.25. The van der Waals surface area contributed by atoms with Gasteiger partial charge in [-0.25, -0.2) is 0 Å². The van der Waals surface area contributed by atoms with Gasteiger partial charge in [-0.1, -0.05) is 12.1 Å². The molecular formula is C19H20N2O2S. The zero-order chi connectivity index (χ0) is 17.1. The molecule has 3 rings (SSSR count). The molecule has 0 spiro atoms. The molecule has 0 aromatic heterocycles. The molecule has 124 valence electrons. The van der Waals surface area contributed by atoms with Crippen LogP contribution in [0, 0.1) is 0 Å². The van der Waals surface area contributed by atoms with Crippen molar-refractivity contribution in [2.75, 3.05) is 17.7 Å². The molecule has 0 bridgehead atoms. The molecular weight excluding hydrogens is 320 g/mol. The number of hydrogen-bond donors (Lipinski definition) is 1. The van der Waals surface area contributed by atoms with Gasteiger partial charge in [-0.3, -0.25) is 9.59 Å². The van der Waals surface area contributed by atoms with Crippen LogP contribution in [0.1, 0.15) is 28.4 Å². The molecule has 0 atom stereocenters. The second kappa shape index (κ2) is 7.09. The van der Waals surface area contributed by atoms with Crippen LogP contribution < -0.4 is 10.2 Å². The number of nitrogens with one attached hydrogen (secondary N) is 1. The van der Waals surface area contributed by atoms with E-state index in [-0.39, 0.29) is 11.8 Å². The van der Waals surface area contributed by atoms with Gasteiger partial charge in [0.25, 0.3) is 5.91 Å². The van der Waals surface area contributed by atoms with E-state index in [1.54, 1.807) is 22.7 Å². The van der Waals surface area contributed by atoms with Gasteiger partial charge in [0.1, 0.15) is 0 Å². The van der Waals surface area contributed by atoms with Crippen molar-refractivity contribution in [2.24, 2.45) is 0 Å². The fourth-order valence-electron chi connectivity index (χ4n) is 2.90. The summed E-state index contributed by atoms with van der Waals surface area (Å²) in [7, 11) is 0. The van der Waals surface area contributed by atoms with Gasteiger partial charge < -0.3 is 10.2 Å². The average molecular weight is 340 g/mol. The van der Waals surface area contributed by atoms with Gasteiger partial charge in [-0.05, 0) is 54.6 Å². The predicted molar refractivity (Wildman–Crippen MR) is 97.6 cm³/mol. The first kappa shape index (κ1) is 16.6. The number of nitrogens with zero attached hydrogens (tertiary/aromatic N) is 1. The Morgan fingerprint density at radius 1 is 1.21 bits per heavy atom. The van der Waals surface area contributed by atoms with Gasteiger partial charge in [0.05, 0.1) is 6.42 Å². The number of likely N-dealkylation sites (N-methyl/N-ethyl adjacent to an activating group) is 1. The molecule has 0 saturated heterocycles. The molecule has 0 unspecified atom stereocenters. The van der Waals surface area contributed by atoms with Crippen molar-refractivity contribution in [3.05, 3.63) is 59.2 Å². The van der Waals surface area contributed by atoms with Crippen LogP contribution in [0.2, 0.25) is 0 Å². The van der Waals surface area contributed by atoms with E-state index >= 15 is 0 Å². The van der Waals surface area contributed by atoms with Crippen LogP contribution in [0.4, 0.5) is 5.69 Å². The maximum Gasteiger partial charge on any atom is 0.251 e. The van der Waals surface area contributed by atoms with Crippen molar-refractivity contribution in [2.45, 2.75) is 24.8 Å². The molecule has 5 heteroatoms. The molecule has 0 aliphatic carbocycles. The summed E-state index contributed by atoms with van der Waals surface area (Å²) in [5, 5.41) is 2.94. The summed E-state index contributed by atoms with van der Waals surface area (Å²) in [6, 6.07) is 13.6. The van der Waals surface area contributed by atoms with E-state index in [4.69, 9.17) is 0 Å². The molecule has 1 aliphatic rings. The SMILES string of the molecule is CCN1C(=O)Cc2cc(C(=O)NCc3ccc(SC)cc3)ccc21. The minimum Gasteiger partial charge on any atom is -0.348 e. The monoisotopic (exact) mass is 340 g/mol. The highest BCUT2D eigenvalue weighted by atomic mass is 32.2. The number of anilines is 1. The van der Waals surface area contributed by atoms with Gasteiger partial charge in [0, 0.05) is 29.2 Å². The third-order valence-electron chi connectivity index (χ3n) is 4.20. The van der Waals surface area contributed by atoms with Gasteiger partial charge >= 0.3 is 0 Å². The highest BCUT2D eigenvalue weighted by Gasteiger charge is 2.26. The fourth-order valence-corrected chi connectivity index (χ4v) is 3.31. The van der Waals surface area contributed by atoms with Crippen molar-refractivity contribution >= 4 is 29.3 Å².